The van der Waals surface area contributed by atoms with E-state index in [9.17, 15) is 0 Å². The van der Waals surface area contributed by atoms with Crippen LogP contribution in [0.25, 0.3) is 0 Å². The zero-order chi connectivity index (χ0) is 11.4. The third kappa shape index (κ3) is 2.78. The molecule has 0 aliphatic heterocycles. The van der Waals surface area contributed by atoms with Crippen LogP contribution in [0.5, 0.6) is 0 Å². The molecule has 0 unspecified atom stereocenters. The molecule has 94 valence electrons. The predicted octanol–water partition coefficient (Wildman–Crippen LogP) is 2.77. The van der Waals surface area contributed by atoms with Crippen LogP contribution >= 0.6 is 0 Å². The number of hydrogen-bond acceptors (Lipinski definition) is 2. The van der Waals surface area contributed by atoms with Gasteiger partial charge in [0.1, 0.15) is 0 Å². The Morgan fingerprint density at radius 1 is 1.19 bits per heavy atom. The fourth-order valence-corrected chi connectivity index (χ4v) is 3.26. The van der Waals surface area contributed by atoms with Crippen molar-refractivity contribution in [2.75, 3.05) is 19.6 Å². The van der Waals surface area contributed by atoms with Gasteiger partial charge < -0.3 is 5.73 Å². The van der Waals surface area contributed by atoms with E-state index in [0.717, 1.165) is 12.5 Å². The second-order valence-corrected chi connectivity index (χ2v) is 5.88. The molecule has 2 rings (SSSR count). The van der Waals surface area contributed by atoms with E-state index in [0.29, 0.717) is 5.54 Å². The van der Waals surface area contributed by atoms with Crippen LogP contribution in [0.1, 0.15) is 58.3 Å². The van der Waals surface area contributed by atoms with Crippen LogP contribution < -0.4 is 5.73 Å². The number of rotatable bonds is 6. The third-order valence-electron chi connectivity index (χ3n) is 4.50. The van der Waals surface area contributed by atoms with Crippen LogP contribution in [0, 0.1) is 5.92 Å². The highest BCUT2D eigenvalue weighted by atomic mass is 15.2. The Labute approximate surface area is 101 Å². The maximum Gasteiger partial charge on any atom is 0.0331 e. The second-order valence-electron chi connectivity index (χ2n) is 5.88. The molecule has 0 amide bonds. The summed E-state index contributed by atoms with van der Waals surface area (Å²) in [6, 6.07) is 0. The van der Waals surface area contributed by atoms with Crippen molar-refractivity contribution < 1.29 is 0 Å². The number of nitrogens with zero attached hydrogens (tertiary/aromatic N) is 1. The normalized spacial score (nSPS) is 24.9. The van der Waals surface area contributed by atoms with Gasteiger partial charge in [-0.15, -0.1) is 0 Å². The first-order chi connectivity index (χ1) is 7.80. The molecule has 0 aromatic carbocycles. The maximum atomic E-state index is 6.12. The van der Waals surface area contributed by atoms with Gasteiger partial charge >= 0.3 is 0 Å². The maximum absolute atomic E-state index is 6.12. The molecule has 2 saturated carbocycles. The van der Waals surface area contributed by atoms with E-state index in [4.69, 9.17) is 5.73 Å². The molecule has 2 N–H and O–H groups in total. The topological polar surface area (TPSA) is 29.3 Å². The lowest BCUT2D eigenvalue weighted by atomic mass is 9.80. The molecule has 0 bridgehead atoms. The van der Waals surface area contributed by atoms with Crippen molar-refractivity contribution >= 4 is 0 Å². The van der Waals surface area contributed by atoms with Gasteiger partial charge in [-0.05, 0) is 44.6 Å². The van der Waals surface area contributed by atoms with Gasteiger partial charge in [-0.3, -0.25) is 4.90 Å². The van der Waals surface area contributed by atoms with E-state index in [1.54, 1.807) is 0 Å². The van der Waals surface area contributed by atoms with Gasteiger partial charge in [0.25, 0.3) is 0 Å². The first kappa shape index (κ1) is 12.4. The molecule has 2 aliphatic rings. The molecular formula is C14H28N2. The molecule has 0 saturated heterocycles. The summed E-state index contributed by atoms with van der Waals surface area (Å²) in [5.41, 5.74) is 6.50. The van der Waals surface area contributed by atoms with Crippen molar-refractivity contribution in [3.8, 4) is 0 Å². The zero-order valence-corrected chi connectivity index (χ0v) is 10.9. The summed E-state index contributed by atoms with van der Waals surface area (Å²) in [4.78, 5) is 2.75. The lowest BCUT2D eigenvalue weighted by Crippen LogP contribution is -2.55. The summed E-state index contributed by atoms with van der Waals surface area (Å²) in [6.45, 7) is 5.76. The quantitative estimate of drug-likeness (QED) is 0.751. The van der Waals surface area contributed by atoms with Crippen LogP contribution in [-0.4, -0.2) is 30.1 Å². The minimum absolute atomic E-state index is 0.372. The van der Waals surface area contributed by atoms with Gasteiger partial charge in [0.15, 0.2) is 0 Å². The Bertz CT molecular complexity index is 205. The zero-order valence-electron chi connectivity index (χ0n) is 10.9. The van der Waals surface area contributed by atoms with Crippen LogP contribution in [-0.2, 0) is 0 Å². The van der Waals surface area contributed by atoms with E-state index in [2.05, 4.69) is 11.8 Å². The summed E-state index contributed by atoms with van der Waals surface area (Å²) in [5, 5.41) is 0. The molecule has 2 nitrogen and oxygen atoms in total. The van der Waals surface area contributed by atoms with Gasteiger partial charge in [0.2, 0.25) is 0 Å². The van der Waals surface area contributed by atoms with Gasteiger partial charge in [-0.2, -0.15) is 0 Å². The summed E-state index contributed by atoms with van der Waals surface area (Å²) in [6.07, 6.45) is 11.1. The molecule has 0 atom stereocenters. The summed E-state index contributed by atoms with van der Waals surface area (Å²) < 4.78 is 0. The summed E-state index contributed by atoms with van der Waals surface area (Å²) in [7, 11) is 0. The Morgan fingerprint density at radius 3 is 2.38 bits per heavy atom. The Kier molecular flexibility index (Phi) is 4.26. The minimum atomic E-state index is 0.372. The molecule has 0 aromatic rings. The van der Waals surface area contributed by atoms with E-state index >= 15 is 0 Å². The molecule has 0 radical (unpaired) electrons. The van der Waals surface area contributed by atoms with Crippen LogP contribution in [0.15, 0.2) is 0 Å². The molecule has 0 aromatic heterocycles. The fourth-order valence-electron chi connectivity index (χ4n) is 3.26. The highest BCUT2D eigenvalue weighted by molar-refractivity contribution is 4.95. The molecular weight excluding hydrogens is 196 g/mol. The number of nitrogens with two attached hydrogens (primary N) is 1. The smallest absolute Gasteiger partial charge is 0.0331 e. The Balaban J connectivity index is 2.00. The van der Waals surface area contributed by atoms with Crippen LogP contribution in [0.3, 0.4) is 0 Å². The van der Waals surface area contributed by atoms with Gasteiger partial charge in [0.05, 0.1) is 0 Å². The lowest BCUT2D eigenvalue weighted by molar-refractivity contribution is 0.0524. The van der Waals surface area contributed by atoms with Crippen LogP contribution in [0.2, 0.25) is 0 Å². The highest BCUT2D eigenvalue weighted by Gasteiger charge is 2.38. The van der Waals surface area contributed by atoms with E-state index in [1.807, 2.05) is 0 Å². The van der Waals surface area contributed by atoms with Gasteiger partial charge in [-0.1, -0.05) is 26.2 Å². The highest BCUT2D eigenvalue weighted by Crippen LogP contribution is 2.37. The molecule has 16 heavy (non-hydrogen) atoms. The summed E-state index contributed by atoms with van der Waals surface area (Å²) in [5.74, 6) is 0.997. The molecule has 2 fully saturated rings. The van der Waals surface area contributed by atoms with E-state index < -0.39 is 0 Å². The first-order valence-corrected chi connectivity index (χ1v) is 7.26. The lowest BCUT2D eigenvalue weighted by Gasteiger charge is -2.46. The average molecular weight is 224 g/mol. The average Bonchev–Trinajstić information content (AvgIpc) is 3.13. The SMILES string of the molecule is CCCN(CC1CC1)C1(CN)CCCCC1. The Morgan fingerprint density at radius 2 is 1.88 bits per heavy atom. The molecule has 0 heterocycles. The van der Waals surface area contributed by atoms with Crippen molar-refractivity contribution in [3.63, 3.8) is 0 Å². The Hall–Kier alpha value is -0.0800. The largest absolute Gasteiger partial charge is 0.329 e. The number of hydrogen-bond donors (Lipinski definition) is 1. The fraction of sp³-hybridized carbons (Fsp3) is 1.00. The van der Waals surface area contributed by atoms with Crippen molar-refractivity contribution in [2.45, 2.75) is 63.8 Å². The molecule has 0 spiro atoms. The van der Waals surface area contributed by atoms with Crippen molar-refractivity contribution in [2.24, 2.45) is 11.7 Å². The summed E-state index contributed by atoms with van der Waals surface area (Å²) >= 11 is 0. The van der Waals surface area contributed by atoms with Crippen molar-refractivity contribution in [3.05, 3.63) is 0 Å². The molecule has 2 aliphatic carbocycles. The van der Waals surface area contributed by atoms with Gasteiger partial charge in [0, 0.05) is 18.6 Å². The second kappa shape index (κ2) is 5.50. The predicted molar refractivity (Wildman–Crippen MR) is 69.5 cm³/mol. The first-order valence-electron chi connectivity index (χ1n) is 7.26. The van der Waals surface area contributed by atoms with E-state index in [1.165, 1.54) is 64.5 Å². The molecule has 2 heteroatoms. The van der Waals surface area contributed by atoms with E-state index in [-0.39, 0.29) is 0 Å². The van der Waals surface area contributed by atoms with Crippen LogP contribution in [0.4, 0.5) is 0 Å². The monoisotopic (exact) mass is 224 g/mol. The third-order valence-corrected chi connectivity index (χ3v) is 4.50. The van der Waals surface area contributed by atoms with Crippen molar-refractivity contribution in [1.29, 1.82) is 0 Å². The van der Waals surface area contributed by atoms with Crippen molar-refractivity contribution in [1.82, 2.24) is 4.90 Å². The minimum Gasteiger partial charge on any atom is -0.329 e. The van der Waals surface area contributed by atoms with Gasteiger partial charge in [-0.25, -0.2) is 0 Å². The standard InChI is InChI=1S/C14H28N2/c1-2-10-16(11-13-6-7-13)14(12-15)8-4-3-5-9-14/h13H,2-12,15H2,1H3.